The zero-order chi connectivity index (χ0) is 13.7. The minimum absolute atomic E-state index is 0.221. The summed E-state index contributed by atoms with van der Waals surface area (Å²) in [7, 11) is 0. The second kappa shape index (κ2) is 4.12. The van der Waals surface area contributed by atoms with E-state index in [9.17, 15) is 19.8 Å². The summed E-state index contributed by atoms with van der Waals surface area (Å²) in [6, 6.07) is -1.19. The summed E-state index contributed by atoms with van der Waals surface area (Å²) in [4.78, 5) is 24.6. The van der Waals surface area contributed by atoms with Gasteiger partial charge in [0.25, 0.3) is 0 Å². The van der Waals surface area contributed by atoms with Gasteiger partial charge in [-0.05, 0) is 33.6 Å². The zero-order valence-electron chi connectivity index (χ0n) is 10.8. The van der Waals surface area contributed by atoms with Gasteiger partial charge in [-0.2, -0.15) is 0 Å². The Balaban J connectivity index is 2.17. The quantitative estimate of drug-likeness (QED) is 0.726. The molecule has 1 aliphatic carbocycles. The highest BCUT2D eigenvalue weighted by Gasteiger charge is 2.56. The van der Waals surface area contributed by atoms with Crippen LogP contribution in [0.1, 0.15) is 33.6 Å². The van der Waals surface area contributed by atoms with Crippen LogP contribution in [0, 0.1) is 5.92 Å². The number of nitrogens with zero attached hydrogens (tertiary/aromatic N) is 1. The Labute approximate surface area is 106 Å². The van der Waals surface area contributed by atoms with Crippen LogP contribution in [-0.2, 0) is 9.53 Å². The van der Waals surface area contributed by atoms with Crippen LogP contribution in [0.4, 0.5) is 4.79 Å². The van der Waals surface area contributed by atoms with E-state index >= 15 is 0 Å². The van der Waals surface area contributed by atoms with Crippen LogP contribution in [0.5, 0.6) is 0 Å². The predicted octanol–water partition coefficient (Wildman–Crippen LogP) is 0.830. The lowest BCUT2D eigenvalue weighted by Crippen LogP contribution is -2.53. The lowest BCUT2D eigenvalue weighted by atomic mass is 9.96. The van der Waals surface area contributed by atoms with Gasteiger partial charge in [0.15, 0.2) is 0 Å². The van der Waals surface area contributed by atoms with E-state index in [0.717, 1.165) is 0 Å². The van der Waals surface area contributed by atoms with Crippen molar-refractivity contribution in [3.05, 3.63) is 0 Å². The van der Waals surface area contributed by atoms with Gasteiger partial charge in [-0.15, -0.1) is 0 Å². The van der Waals surface area contributed by atoms with Gasteiger partial charge in [0.1, 0.15) is 11.6 Å². The molecule has 18 heavy (non-hydrogen) atoms. The summed E-state index contributed by atoms with van der Waals surface area (Å²) >= 11 is 0. The third kappa shape index (κ3) is 2.16. The number of likely N-dealkylation sites (tertiary alicyclic amines) is 1. The van der Waals surface area contributed by atoms with Gasteiger partial charge in [0.2, 0.25) is 0 Å². The molecule has 2 aliphatic rings. The number of hydrogen-bond donors (Lipinski definition) is 2. The van der Waals surface area contributed by atoms with Crippen LogP contribution in [0.3, 0.4) is 0 Å². The summed E-state index contributed by atoms with van der Waals surface area (Å²) in [6.07, 6.45) is -0.255. The van der Waals surface area contributed by atoms with Crippen molar-refractivity contribution in [2.75, 3.05) is 0 Å². The molecule has 0 radical (unpaired) electrons. The van der Waals surface area contributed by atoms with Crippen LogP contribution in [-0.4, -0.2) is 51.0 Å². The lowest BCUT2D eigenvalue weighted by molar-refractivity contribution is -0.147. The third-order valence-corrected chi connectivity index (χ3v) is 3.51. The number of ether oxygens (including phenoxy) is 1. The fourth-order valence-electron chi connectivity index (χ4n) is 2.90. The summed E-state index contributed by atoms with van der Waals surface area (Å²) in [5, 5.41) is 18.9. The Morgan fingerprint density at radius 3 is 2.39 bits per heavy atom. The molecule has 102 valence electrons. The fraction of sp³-hybridized carbons (Fsp3) is 0.833. The highest BCUT2D eigenvalue weighted by molar-refractivity contribution is 5.82. The highest BCUT2D eigenvalue weighted by Crippen LogP contribution is 2.43. The number of rotatable bonds is 1. The van der Waals surface area contributed by atoms with Crippen molar-refractivity contribution in [2.24, 2.45) is 5.92 Å². The summed E-state index contributed by atoms with van der Waals surface area (Å²) < 4.78 is 5.23. The molecule has 4 atom stereocenters. The second-order valence-electron chi connectivity index (χ2n) is 6.03. The van der Waals surface area contributed by atoms with Gasteiger partial charge in [-0.3, -0.25) is 4.90 Å². The first-order valence-electron chi connectivity index (χ1n) is 6.13. The molecule has 2 fully saturated rings. The van der Waals surface area contributed by atoms with E-state index in [1.807, 2.05) is 0 Å². The summed E-state index contributed by atoms with van der Waals surface area (Å²) in [6.45, 7) is 5.22. The molecular weight excluding hydrogens is 238 g/mol. The number of aliphatic hydroxyl groups is 1. The molecule has 0 aromatic heterocycles. The van der Waals surface area contributed by atoms with Crippen LogP contribution in [0.2, 0.25) is 0 Å². The van der Waals surface area contributed by atoms with Crippen molar-refractivity contribution in [1.29, 1.82) is 0 Å². The highest BCUT2D eigenvalue weighted by atomic mass is 16.6. The average molecular weight is 257 g/mol. The number of aliphatic hydroxyl groups excluding tert-OH is 1. The molecule has 1 amide bonds. The third-order valence-electron chi connectivity index (χ3n) is 3.51. The van der Waals surface area contributed by atoms with Crippen molar-refractivity contribution >= 4 is 12.1 Å². The number of carbonyl (C=O) groups is 2. The largest absolute Gasteiger partial charge is 0.480 e. The zero-order valence-corrected chi connectivity index (χ0v) is 10.8. The molecule has 2 bridgehead atoms. The number of aliphatic carboxylic acids is 1. The van der Waals surface area contributed by atoms with Crippen molar-refractivity contribution in [3.63, 3.8) is 0 Å². The van der Waals surface area contributed by atoms with Gasteiger partial charge in [0.05, 0.1) is 6.10 Å². The Bertz CT molecular complexity index is 375. The number of amides is 1. The number of fused-ring (bicyclic) bond motifs is 2. The van der Waals surface area contributed by atoms with E-state index in [1.165, 1.54) is 4.90 Å². The molecule has 0 aromatic rings. The smallest absolute Gasteiger partial charge is 0.411 e. The molecule has 0 spiro atoms. The van der Waals surface area contributed by atoms with E-state index in [-0.39, 0.29) is 12.0 Å². The summed E-state index contributed by atoms with van der Waals surface area (Å²) in [5.74, 6) is -1.45. The molecule has 2 rings (SSSR count). The van der Waals surface area contributed by atoms with Gasteiger partial charge >= 0.3 is 12.1 Å². The maximum atomic E-state index is 12.0. The first kappa shape index (κ1) is 13.1. The second-order valence-corrected chi connectivity index (χ2v) is 6.03. The molecule has 1 saturated heterocycles. The predicted molar refractivity (Wildman–Crippen MR) is 62.0 cm³/mol. The average Bonchev–Trinajstić information content (AvgIpc) is 2.69. The topological polar surface area (TPSA) is 87.1 Å². The van der Waals surface area contributed by atoms with Crippen molar-refractivity contribution in [1.82, 2.24) is 4.90 Å². The van der Waals surface area contributed by atoms with E-state index < -0.39 is 29.8 Å². The molecule has 0 aromatic carbocycles. The van der Waals surface area contributed by atoms with E-state index in [2.05, 4.69) is 0 Å². The first-order chi connectivity index (χ1) is 8.20. The maximum absolute atomic E-state index is 12.0. The van der Waals surface area contributed by atoms with E-state index in [1.54, 1.807) is 20.8 Å². The molecule has 6 heteroatoms. The number of carboxylic acids is 1. The lowest BCUT2D eigenvalue weighted by Gasteiger charge is -2.35. The monoisotopic (exact) mass is 257 g/mol. The van der Waals surface area contributed by atoms with Gasteiger partial charge in [0, 0.05) is 12.0 Å². The van der Waals surface area contributed by atoms with Crippen LogP contribution in [0.25, 0.3) is 0 Å². The molecule has 2 unspecified atom stereocenters. The van der Waals surface area contributed by atoms with Crippen molar-refractivity contribution in [2.45, 2.75) is 57.4 Å². The standard InChI is InChI=1S/C12H19NO5/c1-12(2,3)18-11(17)13-6-4-7(8(14)5-6)9(13)10(15)16/h6-9,14H,4-5H2,1-3H3,(H,15,16)/t6-,7-,8?,9?/m1/s1. The van der Waals surface area contributed by atoms with Gasteiger partial charge in [-0.1, -0.05) is 0 Å². The Kier molecular flexibility index (Phi) is 3.01. The van der Waals surface area contributed by atoms with Gasteiger partial charge < -0.3 is 14.9 Å². The fourth-order valence-corrected chi connectivity index (χ4v) is 2.90. The SMILES string of the molecule is CC(C)(C)OC(=O)N1C(C(=O)O)[C@@H]2C[C@@H]1CC2O. The van der Waals surface area contributed by atoms with Gasteiger partial charge in [-0.25, -0.2) is 9.59 Å². The number of piperidine rings is 1. The van der Waals surface area contributed by atoms with Crippen molar-refractivity contribution < 1.29 is 24.5 Å². The Hall–Kier alpha value is -1.30. The van der Waals surface area contributed by atoms with Crippen LogP contribution >= 0.6 is 0 Å². The normalized spacial score (nSPS) is 34.8. The van der Waals surface area contributed by atoms with Crippen LogP contribution < -0.4 is 0 Å². The molecule has 1 aliphatic heterocycles. The van der Waals surface area contributed by atoms with E-state index in [4.69, 9.17) is 4.74 Å². The molecule has 2 N–H and O–H groups in total. The summed E-state index contributed by atoms with van der Waals surface area (Å²) in [5.41, 5.74) is -0.652. The molecule has 6 nitrogen and oxygen atoms in total. The maximum Gasteiger partial charge on any atom is 0.411 e. The number of carboxylic acid groups (broad SMARTS) is 1. The molecular formula is C12H19NO5. The minimum Gasteiger partial charge on any atom is -0.480 e. The minimum atomic E-state index is -1.08. The Morgan fingerprint density at radius 1 is 1.28 bits per heavy atom. The van der Waals surface area contributed by atoms with Crippen molar-refractivity contribution in [3.8, 4) is 0 Å². The number of carbonyl (C=O) groups excluding carboxylic acids is 1. The molecule has 1 saturated carbocycles. The number of hydrogen-bond acceptors (Lipinski definition) is 4. The molecule has 1 heterocycles. The Morgan fingerprint density at radius 2 is 1.89 bits per heavy atom. The first-order valence-corrected chi connectivity index (χ1v) is 6.13. The van der Waals surface area contributed by atoms with E-state index in [0.29, 0.717) is 12.8 Å². The van der Waals surface area contributed by atoms with Crippen LogP contribution in [0.15, 0.2) is 0 Å².